The van der Waals surface area contributed by atoms with Gasteiger partial charge in [-0.05, 0) is 48.9 Å². The summed E-state index contributed by atoms with van der Waals surface area (Å²) in [7, 11) is 1.68. The van der Waals surface area contributed by atoms with Gasteiger partial charge < -0.3 is 9.47 Å². The second kappa shape index (κ2) is 7.24. The van der Waals surface area contributed by atoms with Gasteiger partial charge in [-0.1, -0.05) is 15.9 Å². The van der Waals surface area contributed by atoms with Crippen LogP contribution in [-0.2, 0) is 11.2 Å². The number of ether oxygens (including phenoxy) is 2. The molecule has 0 amide bonds. The van der Waals surface area contributed by atoms with Gasteiger partial charge in [0.2, 0.25) is 0 Å². The van der Waals surface area contributed by atoms with Crippen molar-refractivity contribution in [2.75, 3.05) is 20.3 Å². The third-order valence-corrected chi connectivity index (χ3v) is 4.52. The van der Waals surface area contributed by atoms with E-state index < -0.39 is 0 Å². The van der Waals surface area contributed by atoms with Gasteiger partial charge in [-0.15, -0.1) is 0 Å². The number of hydrogen-bond acceptors (Lipinski definition) is 4. The summed E-state index contributed by atoms with van der Waals surface area (Å²) in [5.74, 6) is 7.18. The van der Waals surface area contributed by atoms with E-state index in [2.05, 4.69) is 27.4 Å². The highest BCUT2D eigenvalue weighted by atomic mass is 79.9. The molecule has 0 spiro atoms. The number of halogens is 1. The number of methoxy groups -OCH3 is 1. The Kier molecular flexibility index (Phi) is 5.63. The van der Waals surface area contributed by atoms with Gasteiger partial charge in [0.05, 0.1) is 7.11 Å². The molecule has 5 heteroatoms. The van der Waals surface area contributed by atoms with Crippen LogP contribution in [0, 0.1) is 5.92 Å². The predicted octanol–water partition coefficient (Wildman–Crippen LogP) is 2.26. The number of hydrazine groups is 1. The largest absolute Gasteiger partial charge is 0.497 e. The Labute approximate surface area is 122 Å². The first-order valence-electron chi connectivity index (χ1n) is 6.61. The molecule has 0 aliphatic carbocycles. The van der Waals surface area contributed by atoms with Crippen molar-refractivity contribution in [2.45, 2.75) is 25.3 Å². The number of benzene rings is 1. The summed E-state index contributed by atoms with van der Waals surface area (Å²) in [6.07, 6.45) is 3.02. The molecule has 3 N–H and O–H groups in total. The standard InChI is InChI=1S/C14H21BrN2O2/c1-18-12-2-3-13(15)11(8-12)9-14(17-16)10-4-6-19-7-5-10/h2-3,8,10,14,17H,4-7,9,16H2,1H3. The zero-order chi connectivity index (χ0) is 13.7. The van der Waals surface area contributed by atoms with Crippen LogP contribution in [0.3, 0.4) is 0 Å². The fourth-order valence-electron chi connectivity index (χ4n) is 2.55. The molecule has 4 nitrogen and oxygen atoms in total. The highest BCUT2D eigenvalue weighted by molar-refractivity contribution is 9.10. The molecule has 1 aliphatic heterocycles. The van der Waals surface area contributed by atoms with Crippen molar-refractivity contribution in [3.05, 3.63) is 28.2 Å². The van der Waals surface area contributed by atoms with Gasteiger partial charge in [-0.2, -0.15) is 0 Å². The van der Waals surface area contributed by atoms with Crippen LogP contribution >= 0.6 is 15.9 Å². The molecule has 1 unspecified atom stereocenters. The minimum Gasteiger partial charge on any atom is -0.497 e. The van der Waals surface area contributed by atoms with Crippen molar-refractivity contribution >= 4 is 15.9 Å². The van der Waals surface area contributed by atoms with Crippen molar-refractivity contribution in [2.24, 2.45) is 11.8 Å². The summed E-state index contributed by atoms with van der Waals surface area (Å²) < 4.78 is 11.8. The van der Waals surface area contributed by atoms with Crippen molar-refractivity contribution in [1.82, 2.24) is 5.43 Å². The van der Waals surface area contributed by atoms with Crippen LogP contribution in [0.25, 0.3) is 0 Å². The summed E-state index contributed by atoms with van der Waals surface area (Å²) in [5.41, 5.74) is 4.18. The zero-order valence-electron chi connectivity index (χ0n) is 11.2. The molecule has 1 fully saturated rings. The molecule has 1 aliphatic rings. The van der Waals surface area contributed by atoms with Crippen LogP contribution < -0.4 is 16.0 Å². The average molecular weight is 329 g/mol. The highest BCUT2D eigenvalue weighted by Gasteiger charge is 2.24. The first-order chi connectivity index (χ1) is 9.24. The predicted molar refractivity (Wildman–Crippen MR) is 79.1 cm³/mol. The molecule has 1 aromatic rings. The summed E-state index contributed by atoms with van der Waals surface area (Å²) >= 11 is 3.59. The number of nitrogens with two attached hydrogens (primary N) is 1. The molecule has 1 heterocycles. The molecule has 0 radical (unpaired) electrons. The lowest BCUT2D eigenvalue weighted by molar-refractivity contribution is 0.0537. The molecule has 2 rings (SSSR count). The molecular weight excluding hydrogens is 308 g/mol. The lowest BCUT2D eigenvalue weighted by Crippen LogP contribution is -2.44. The van der Waals surface area contributed by atoms with Crippen LogP contribution in [0.1, 0.15) is 18.4 Å². The summed E-state index contributed by atoms with van der Waals surface area (Å²) in [6.45, 7) is 1.67. The smallest absolute Gasteiger partial charge is 0.119 e. The molecule has 106 valence electrons. The van der Waals surface area contributed by atoms with Gasteiger partial charge in [-0.3, -0.25) is 11.3 Å². The maximum atomic E-state index is 5.73. The van der Waals surface area contributed by atoms with Gasteiger partial charge in [0, 0.05) is 23.7 Å². The second-order valence-corrected chi connectivity index (χ2v) is 5.74. The van der Waals surface area contributed by atoms with Crippen LogP contribution in [0.5, 0.6) is 5.75 Å². The van der Waals surface area contributed by atoms with Crippen molar-refractivity contribution in [3.63, 3.8) is 0 Å². The number of rotatable bonds is 5. The van der Waals surface area contributed by atoms with Crippen molar-refractivity contribution in [3.8, 4) is 5.75 Å². The third kappa shape index (κ3) is 3.92. The normalized spacial score (nSPS) is 18.3. The van der Waals surface area contributed by atoms with Crippen LogP contribution in [-0.4, -0.2) is 26.4 Å². The zero-order valence-corrected chi connectivity index (χ0v) is 12.8. The Morgan fingerprint density at radius 3 is 2.84 bits per heavy atom. The molecule has 19 heavy (non-hydrogen) atoms. The summed E-state index contributed by atoms with van der Waals surface area (Å²) in [5, 5.41) is 0. The molecular formula is C14H21BrN2O2. The van der Waals surface area contributed by atoms with E-state index in [0.29, 0.717) is 5.92 Å². The molecule has 0 bridgehead atoms. The molecule has 0 saturated carbocycles. The summed E-state index contributed by atoms with van der Waals surface area (Å²) in [6, 6.07) is 6.30. The first kappa shape index (κ1) is 14.8. The lowest BCUT2D eigenvalue weighted by atomic mass is 9.88. The fourth-order valence-corrected chi connectivity index (χ4v) is 2.96. The van der Waals surface area contributed by atoms with Gasteiger partial charge in [0.1, 0.15) is 5.75 Å². The highest BCUT2D eigenvalue weighted by Crippen LogP contribution is 2.27. The van der Waals surface area contributed by atoms with E-state index in [4.69, 9.17) is 15.3 Å². The Hall–Kier alpha value is -0.620. The van der Waals surface area contributed by atoms with Crippen LogP contribution in [0.2, 0.25) is 0 Å². The SMILES string of the molecule is COc1ccc(Br)c(CC(NN)C2CCOCC2)c1. The van der Waals surface area contributed by atoms with E-state index in [9.17, 15) is 0 Å². The minimum absolute atomic E-state index is 0.271. The Morgan fingerprint density at radius 1 is 1.47 bits per heavy atom. The minimum atomic E-state index is 0.271. The van der Waals surface area contributed by atoms with Crippen LogP contribution in [0.4, 0.5) is 0 Å². The maximum absolute atomic E-state index is 5.73. The van der Waals surface area contributed by atoms with Gasteiger partial charge in [-0.25, -0.2) is 0 Å². The van der Waals surface area contributed by atoms with E-state index in [1.54, 1.807) is 7.11 Å². The average Bonchev–Trinajstić information content (AvgIpc) is 2.47. The van der Waals surface area contributed by atoms with Gasteiger partial charge in [0.25, 0.3) is 0 Å². The van der Waals surface area contributed by atoms with E-state index >= 15 is 0 Å². The van der Waals surface area contributed by atoms with E-state index in [1.807, 2.05) is 12.1 Å². The quantitative estimate of drug-likeness (QED) is 0.643. The molecule has 1 atom stereocenters. The van der Waals surface area contributed by atoms with Crippen molar-refractivity contribution < 1.29 is 9.47 Å². The first-order valence-corrected chi connectivity index (χ1v) is 7.40. The molecule has 1 saturated heterocycles. The monoisotopic (exact) mass is 328 g/mol. The third-order valence-electron chi connectivity index (χ3n) is 3.74. The fraction of sp³-hybridized carbons (Fsp3) is 0.571. The topological polar surface area (TPSA) is 56.5 Å². The Morgan fingerprint density at radius 2 is 2.21 bits per heavy atom. The van der Waals surface area contributed by atoms with E-state index in [1.165, 1.54) is 5.56 Å². The lowest BCUT2D eigenvalue weighted by Gasteiger charge is -2.30. The summed E-state index contributed by atoms with van der Waals surface area (Å²) in [4.78, 5) is 0. The molecule has 0 aromatic heterocycles. The Balaban J connectivity index is 2.08. The maximum Gasteiger partial charge on any atom is 0.119 e. The van der Waals surface area contributed by atoms with Crippen molar-refractivity contribution in [1.29, 1.82) is 0 Å². The van der Waals surface area contributed by atoms with Crippen LogP contribution in [0.15, 0.2) is 22.7 Å². The van der Waals surface area contributed by atoms with E-state index in [-0.39, 0.29) is 6.04 Å². The number of hydrogen-bond donors (Lipinski definition) is 2. The number of nitrogens with one attached hydrogen (secondary N) is 1. The Bertz CT molecular complexity index is 408. The van der Waals surface area contributed by atoms with E-state index in [0.717, 1.165) is 42.7 Å². The van der Waals surface area contributed by atoms with Gasteiger partial charge in [0.15, 0.2) is 0 Å². The van der Waals surface area contributed by atoms with Gasteiger partial charge >= 0.3 is 0 Å². The second-order valence-electron chi connectivity index (χ2n) is 4.88. The molecule has 1 aromatic carbocycles.